The molecular formula is C26H50N2O2. The lowest BCUT2D eigenvalue weighted by Crippen LogP contribution is -2.20. The fourth-order valence-corrected chi connectivity index (χ4v) is 3.75. The second-order valence-corrected chi connectivity index (χ2v) is 8.73. The van der Waals surface area contributed by atoms with Gasteiger partial charge in [0, 0.05) is 32.2 Å². The molecular weight excluding hydrogens is 372 g/mol. The van der Waals surface area contributed by atoms with E-state index in [1.165, 1.54) is 89.9 Å². The first-order valence-corrected chi connectivity index (χ1v) is 13.0. The second-order valence-electron chi connectivity index (χ2n) is 8.73. The third kappa shape index (κ3) is 16.9. The van der Waals surface area contributed by atoms with Crippen molar-refractivity contribution in [3.05, 3.63) is 18.7 Å². The molecule has 0 fully saturated rings. The van der Waals surface area contributed by atoms with Crippen molar-refractivity contribution in [1.82, 2.24) is 9.55 Å². The number of hydrogen-bond acceptors (Lipinski definition) is 3. The van der Waals surface area contributed by atoms with Crippen molar-refractivity contribution < 1.29 is 9.47 Å². The molecule has 0 radical (unpaired) electrons. The number of aryl methyl sites for hydroxylation is 1. The summed E-state index contributed by atoms with van der Waals surface area (Å²) in [6.07, 6.45) is 27.4. The van der Waals surface area contributed by atoms with E-state index in [-0.39, 0.29) is 0 Å². The van der Waals surface area contributed by atoms with Gasteiger partial charge in [-0.05, 0) is 25.7 Å². The molecule has 0 saturated heterocycles. The van der Waals surface area contributed by atoms with E-state index in [4.69, 9.17) is 9.47 Å². The minimum Gasteiger partial charge on any atom is -0.379 e. The van der Waals surface area contributed by atoms with E-state index in [0.29, 0.717) is 6.10 Å². The van der Waals surface area contributed by atoms with Gasteiger partial charge < -0.3 is 14.0 Å². The topological polar surface area (TPSA) is 36.3 Å². The number of hydrogen-bond donors (Lipinski definition) is 0. The van der Waals surface area contributed by atoms with Crippen LogP contribution in [0.5, 0.6) is 0 Å². The van der Waals surface area contributed by atoms with Gasteiger partial charge in [0.1, 0.15) is 0 Å². The first kappa shape index (κ1) is 27.2. The smallest absolute Gasteiger partial charge is 0.0945 e. The molecule has 0 saturated carbocycles. The molecule has 1 aromatic rings. The maximum absolute atomic E-state index is 5.84. The molecule has 0 aliphatic heterocycles. The summed E-state index contributed by atoms with van der Waals surface area (Å²) >= 11 is 0. The van der Waals surface area contributed by atoms with Gasteiger partial charge >= 0.3 is 0 Å². The van der Waals surface area contributed by atoms with Crippen LogP contribution in [0.15, 0.2) is 18.7 Å². The van der Waals surface area contributed by atoms with E-state index in [1.54, 1.807) is 0 Å². The first-order valence-electron chi connectivity index (χ1n) is 13.0. The number of aromatic nitrogens is 2. The van der Waals surface area contributed by atoms with Crippen molar-refractivity contribution in [2.75, 3.05) is 19.8 Å². The number of imidazole rings is 1. The summed E-state index contributed by atoms with van der Waals surface area (Å²) in [6, 6.07) is 0. The average molecular weight is 423 g/mol. The van der Waals surface area contributed by atoms with Crippen molar-refractivity contribution in [1.29, 1.82) is 0 Å². The third-order valence-electron chi connectivity index (χ3n) is 5.87. The van der Waals surface area contributed by atoms with E-state index in [0.717, 1.165) is 39.2 Å². The highest BCUT2D eigenvalue weighted by atomic mass is 16.5. The average Bonchev–Trinajstić information content (AvgIpc) is 3.28. The number of rotatable bonds is 23. The number of ether oxygens (including phenoxy) is 2. The van der Waals surface area contributed by atoms with Crippen LogP contribution in [0.4, 0.5) is 0 Å². The van der Waals surface area contributed by atoms with Crippen LogP contribution in [0.3, 0.4) is 0 Å². The molecule has 0 aliphatic carbocycles. The highest BCUT2D eigenvalue weighted by Crippen LogP contribution is 2.13. The lowest BCUT2D eigenvalue weighted by molar-refractivity contribution is -0.0197. The molecule has 1 atom stereocenters. The summed E-state index contributed by atoms with van der Waals surface area (Å²) in [5.41, 5.74) is 0. The highest BCUT2D eigenvalue weighted by Gasteiger charge is 2.06. The Hall–Kier alpha value is -0.870. The minimum absolute atomic E-state index is 0.291. The van der Waals surface area contributed by atoms with Crippen molar-refractivity contribution in [2.45, 2.75) is 129 Å². The largest absolute Gasteiger partial charge is 0.379 e. The van der Waals surface area contributed by atoms with Crippen LogP contribution in [0.25, 0.3) is 0 Å². The highest BCUT2D eigenvalue weighted by molar-refractivity contribution is 4.73. The molecule has 0 aliphatic rings. The van der Waals surface area contributed by atoms with Gasteiger partial charge in [-0.15, -0.1) is 0 Å². The normalized spacial score (nSPS) is 12.5. The zero-order valence-electron chi connectivity index (χ0n) is 20.2. The summed E-state index contributed by atoms with van der Waals surface area (Å²) in [5.74, 6) is 0. The molecule has 4 heteroatoms. The van der Waals surface area contributed by atoms with Gasteiger partial charge in [-0.3, -0.25) is 0 Å². The van der Waals surface area contributed by atoms with Crippen LogP contribution in [0.1, 0.15) is 117 Å². The molecule has 1 rings (SSSR count). The Bertz CT molecular complexity index is 436. The van der Waals surface area contributed by atoms with Crippen molar-refractivity contribution in [3.8, 4) is 0 Å². The Balaban J connectivity index is 1.71. The zero-order valence-corrected chi connectivity index (χ0v) is 20.2. The van der Waals surface area contributed by atoms with Crippen LogP contribution in [-0.4, -0.2) is 35.5 Å². The van der Waals surface area contributed by atoms with E-state index in [2.05, 4.69) is 29.6 Å². The Morgan fingerprint density at radius 2 is 1.33 bits per heavy atom. The van der Waals surface area contributed by atoms with Gasteiger partial charge in [-0.25, -0.2) is 4.98 Å². The molecule has 1 aromatic heterocycles. The SMILES string of the molecule is CCCCOC(CC)COCCCCCCCCCCCCCCCn1ccnc1. The lowest BCUT2D eigenvalue weighted by atomic mass is 10.0. The summed E-state index contributed by atoms with van der Waals surface area (Å²) in [4.78, 5) is 4.09. The fourth-order valence-electron chi connectivity index (χ4n) is 3.75. The molecule has 176 valence electrons. The first-order chi connectivity index (χ1) is 14.9. The van der Waals surface area contributed by atoms with Crippen molar-refractivity contribution in [2.24, 2.45) is 0 Å². The standard InChI is InChI=1S/C26H50N2O2/c1-3-5-23-30-26(4-2)24-29-22-18-16-14-12-10-8-6-7-9-11-13-15-17-20-28-21-19-27-25-28/h19,21,25-26H,3-18,20,22-24H2,1-2H3. The van der Waals surface area contributed by atoms with Crippen LogP contribution >= 0.6 is 0 Å². The van der Waals surface area contributed by atoms with Crippen LogP contribution < -0.4 is 0 Å². The third-order valence-corrected chi connectivity index (χ3v) is 5.87. The summed E-state index contributed by atoms with van der Waals surface area (Å²) in [7, 11) is 0. The molecule has 1 unspecified atom stereocenters. The lowest BCUT2D eigenvalue weighted by Gasteiger charge is -2.16. The van der Waals surface area contributed by atoms with Gasteiger partial charge in [-0.2, -0.15) is 0 Å². The van der Waals surface area contributed by atoms with E-state index in [1.807, 2.05) is 12.5 Å². The Morgan fingerprint density at radius 1 is 0.733 bits per heavy atom. The molecule has 4 nitrogen and oxygen atoms in total. The summed E-state index contributed by atoms with van der Waals surface area (Å²) in [6.45, 7) is 8.06. The van der Waals surface area contributed by atoms with Gasteiger partial charge in [0.05, 0.1) is 19.0 Å². The Labute approximate surface area is 187 Å². The predicted molar refractivity (Wildman–Crippen MR) is 128 cm³/mol. The van der Waals surface area contributed by atoms with Gasteiger partial charge in [0.25, 0.3) is 0 Å². The van der Waals surface area contributed by atoms with E-state index >= 15 is 0 Å². The Morgan fingerprint density at radius 3 is 1.87 bits per heavy atom. The van der Waals surface area contributed by atoms with Gasteiger partial charge in [0.15, 0.2) is 0 Å². The molecule has 30 heavy (non-hydrogen) atoms. The monoisotopic (exact) mass is 422 g/mol. The number of unbranched alkanes of at least 4 members (excludes halogenated alkanes) is 13. The quantitative estimate of drug-likeness (QED) is 0.171. The molecule has 0 aromatic carbocycles. The van der Waals surface area contributed by atoms with Gasteiger partial charge in [-0.1, -0.05) is 90.9 Å². The second kappa shape index (κ2) is 21.4. The van der Waals surface area contributed by atoms with E-state index < -0.39 is 0 Å². The zero-order chi connectivity index (χ0) is 21.5. The summed E-state index contributed by atoms with van der Waals surface area (Å²) < 4.78 is 13.8. The van der Waals surface area contributed by atoms with E-state index in [9.17, 15) is 0 Å². The van der Waals surface area contributed by atoms with Crippen LogP contribution in [0, 0.1) is 0 Å². The maximum atomic E-state index is 5.84. The minimum atomic E-state index is 0.291. The van der Waals surface area contributed by atoms with Crippen LogP contribution in [-0.2, 0) is 16.0 Å². The maximum Gasteiger partial charge on any atom is 0.0945 e. The fraction of sp³-hybridized carbons (Fsp3) is 0.885. The number of nitrogens with zero attached hydrogens (tertiary/aromatic N) is 2. The van der Waals surface area contributed by atoms with Crippen molar-refractivity contribution in [3.63, 3.8) is 0 Å². The molecule has 1 heterocycles. The Kier molecular flexibility index (Phi) is 19.3. The molecule has 0 bridgehead atoms. The molecule has 0 spiro atoms. The van der Waals surface area contributed by atoms with Crippen LogP contribution in [0.2, 0.25) is 0 Å². The predicted octanol–water partition coefficient (Wildman–Crippen LogP) is 7.57. The molecule has 0 N–H and O–H groups in total. The van der Waals surface area contributed by atoms with Crippen molar-refractivity contribution >= 4 is 0 Å². The van der Waals surface area contributed by atoms with Gasteiger partial charge in [0.2, 0.25) is 0 Å². The summed E-state index contributed by atoms with van der Waals surface area (Å²) in [5, 5.41) is 0. The molecule has 0 amide bonds.